The first-order chi connectivity index (χ1) is 9.02. The van der Waals surface area contributed by atoms with E-state index in [-0.39, 0.29) is 0 Å². The van der Waals surface area contributed by atoms with E-state index in [1.165, 1.54) is 38.6 Å². The van der Waals surface area contributed by atoms with E-state index >= 15 is 0 Å². The molecule has 0 saturated heterocycles. The summed E-state index contributed by atoms with van der Waals surface area (Å²) in [6.07, 6.45) is 7.53. The lowest BCUT2D eigenvalue weighted by molar-refractivity contribution is 0.0321. The molecule has 0 spiro atoms. The summed E-state index contributed by atoms with van der Waals surface area (Å²) in [5.41, 5.74) is 0.548. The van der Waals surface area contributed by atoms with Crippen LogP contribution in [0.25, 0.3) is 0 Å². The molecule has 1 N–H and O–H groups in total. The number of hydrogen-bond acceptors (Lipinski definition) is 2. The lowest BCUT2D eigenvalue weighted by Gasteiger charge is -2.38. The standard InChI is InChI=1S/C17H33NO/c1-13(2)11-18-12-17(7-8-19-14(3)4)10-15-5-6-16(17)9-15/h13-16,18H,5-12H2,1-4H3. The van der Waals surface area contributed by atoms with Crippen molar-refractivity contribution in [2.24, 2.45) is 23.2 Å². The van der Waals surface area contributed by atoms with E-state index in [0.29, 0.717) is 11.5 Å². The maximum Gasteiger partial charge on any atom is 0.0518 e. The topological polar surface area (TPSA) is 21.3 Å². The van der Waals surface area contributed by atoms with Crippen molar-refractivity contribution >= 4 is 0 Å². The van der Waals surface area contributed by atoms with E-state index in [1.807, 2.05) is 0 Å². The molecule has 2 aliphatic rings. The largest absolute Gasteiger partial charge is 0.379 e. The Morgan fingerprint density at radius 2 is 2.00 bits per heavy atom. The van der Waals surface area contributed by atoms with Crippen LogP contribution in [0.5, 0.6) is 0 Å². The molecule has 0 heterocycles. The van der Waals surface area contributed by atoms with E-state index in [9.17, 15) is 0 Å². The molecule has 2 fully saturated rings. The van der Waals surface area contributed by atoms with Gasteiger partial charge in [0.1, 0.15) is 0 Å². The van der Waals surface area contributed by atoms with Crippen LogP contribution in [0.3, 0.4) is 0 Å². The molecule has 0 aliphatic heterocycles. The summed E-state index contributed by atoms with van der Waals surface area (Å²) in [5, 5.41) is 3.74. The summed E-state index contributed by atoms with van der Waals surface area (Å²) in [6.45, 7) is 12.2. The molecule has 0 aromatic carbocycles. The van der Waals surface area contributed by atoms with Crippen LogP contribution in [-0.2, 0) is 4.74 Å². The number of rotatable bonds is 8. The summed E-state index contributed by atoms with van der Waals surface area (Å²) in [7, 11) is 0. The van der Waals surface area contributed by atoms with Gasteiger partial charge in [-0.05, 0) is 69.2 Å². The minimum atomic E-state index is 0.374. The quantitative estimate of drug-likeness (QED) is 0.721. The smallest absolute Gasteiger partial charge is 0.0518 e. The maximum atomic E-state index is 5.84. The van der Waals surface area contributed by atoms with Gasteiger partial charge in [0.05, 0.1) is 6.10 Å². The van der Waals surface area contributed by atoms with Gasteiger partial charge in [0.15, 0.2) is 0 Å². The van der Waals surface area contributed by atoms with E-state index in [1.54, 1.807) is 0 Å². The molecule has 112 valence electrons. The summed E-state index contributed by atoms with van der Waals surface area (Å²) >= 11 is 0. The Balaban J connectivity index is 1.86. The van der Waals surface area contributed by atoms with Crippen molar-refractivity contribution in [3.05, 3.63) is 0 Å². The summed E-state index contributed by atoms with van der Waals surface area (Å²) in [4.78, 5) is 0. The van der Waals surface area contributed by atoms with Crippen LogP contribution in [0.1, 0.15) is 59.8 Å². The molecule has 2 rings (SSSR count). The van der Waals surface area contributed by atoms with E-state index in [2.05, 4.69) is 33.0 Å². The predicted octanol–water partition coefficient (Wildman–Crippen LogP) is 3.85. The Kier molecular flexibility index (Phi) is 5.30. The van der Waals surface area contributed by atoms with Crippen molar-refractivity contribution in [2.45, 2.75) is 65.9 Å². The van der Waals surface area contributed by atoms with Gasteiger partial charge >= 0.3 is 0 Å². The first-order valence-electron chi connectivity index (χ1n) is 8.34. The molecule has 2 aliphatic carbocycles. The van der Waals surface area contributed by atoms with Gasteiger partial charge in [0, 0.05) is 13.2 Å². The first kappa shape index (κ1) is 15.3. The van der Waals surface area contributed by atoms with Gasteiger partial charge in [0.25, 0.3) is 0 Å². The highest BCUT2D eigenvalue weighted by atomic mass is 16.5. The second kappa shape index (κ2) is 6.58. The average molecular weight is 267 g/mol. The molecule has 3 atom stereocenters. The molecular weight excluding hydrogens is 234 g/mol. The lowest BCUT2D eigenvalue weighted by atomic mass is 9.71. The Bertz CT molecular complexity index is 260. The number of hydrogen-bond donors (Lipinski definition) is 1. The second-order valence-corrected chi connectivity index (χ2v) is 7.64. The Morgan fingerprint density at radius 1 is 1.21 bits per heavy atom. The fourth-order valence-electron chi connectivity index (χ4n) is 4.28. The lowest BCUT2D eigenvalue weighted by Crippen LogP contribution is -2.40. The Labute approximate surface area is 119 Å². The fraction of sp³-hybridized carbons (Fsp3) is 1.00. The second-order valence-electron chi connectivity index (χ2n) is 7.64. The van der Waals surface area contributed by atoms with Crippen molar-refractivity contribution in [2.75, 3.05) is 19.7 Å². The number of ether oxygens (including phenoxy) is 1. The monoisotopic (exact) mass is 267 g/mol. The SMILES string of the molecule is CC(C)CNCC1(CCOC(C)C)CC2CCC1C2. The maximum absolute atomic E-state index is 5.84. The zero-order valence-corrected chi connectivity index (χ0v) is 13.4. The van der Waals surface area contributed by atoms with Crippen LogP contribution in [0, 0.1) is 23.2 Å². The van der Waals surface area contributed by atoms with Gasteiger partial charge in [-0.1, -0.05) is 20.3 Å². The van der Waals surface area contributed by atoms with Crippen molar-refractivity contribution < 1.29 is 4.74 Å². The highest BCUT2D eigenvalue weighted by Crippen LogP contribution is 2.57. The van der Waals surface area contributed by atoms with E-state index in [4.69, 9.17) is 4.74 Å². The molecule has 19 heavy (non-hydrogen) atoms. The number of fused-ring (bicyclic) bond motifs is 2. The van der Waals surface area contributed by atoms with Crippen LogP contribution < -0.4 is 5.32 Å². The van der Waals surface area contributed by atoms with E-state index < -0.39 is 0 Å². The van der Waals surface area contributed by atoms with Crippen LogP contribution in [0.2, 0.25) is 0 Å². The van der Waals surface area contributed by atoms with Crippen LogP contribution in [-0.4, -0.2) is 25.8 Å². The van der Waals surface area contributed by atoms with Gasteiger partial charge in [0.2, 0.25) is 0 Å². The van der Waals surface area contributed by atoms with Crippen molar-refractivity contribution in [1.29, 1.82) is 0 Å². The third-order valence-corrected chi connectivity index (χ3v) is 5.18. The first-order valence-corrected chi connectivity index (χ1v) is 8.34. The predicted molar refractivity (Wildman–Crippen MR) is 81.3 cm³/mol. The van der Waals surface area contributed by atoms with E-state index in [0.717, 1.165) is 30.9 Å². The zero-order valence-electron chi connectivity index (χ0n) is 13.4. The Morgan fingerprint density at radius 3 is 2.53 bits per heavy atom. The fourth-order valence-corrected chi connectivity index (χ4v) is 4.28. The van der Waals surface area contributed by atoms with Crippen LogP contribution in [0.15, 0.2) is 0 Å². The molecule has 0 amide bonds. The summed E-state index contributed by atoms with van der Waals surface area (Å²) in [6, 6.07) is 0. The molecule has 0 aromatic rings. The molecule has 2 heteroatoms. The highest BCUT2D eigenvalue weighted by Gasteiger charge is 2.50. The van der Waals surface area contributed by atoms with Crippen molar-refractivity contribution in [3.63, 3.8) is 0 Å². The summed E-state index contributed by atoms with van der Waals surface area (Å²) in [5.74, 6) is 2.74. The minimum Gasteiger partial charge on any atom is -0.379 e. The molecule has 0 radical (unpaired) electrons. The van der Waals surface area contributed by atoms with Gasteiger partial charge in [-0.2, -0.15) is 0 Å². The highest BCUT2D eigenvalue weighted by molar-refractivity contribution is 5.01. The molecule has 2 saturated carbocycles. The van der Waals surface area contributed by atoms with Crippen LogP contribution in [0.4, 0.5) is 0 Å². The third-order valence-electron chi connectivity index (χ3n) is 5.18. The molecule has 2 bridgehead atoms. The zero-order chi connectivity index (χ0) is 13.9. The van der Waals surface area contributed by atoms with Gasteiger partial charge < -0.3 is 10.1 Å². The van der Waals surface area contributed by atoms with Crippen molar-refractivity contribution in [3.8, 4) is 0 Å². The molecular formula is C17H33NO. The number of nitrogens with one attached hydrogen (secondary N) is 1. The van der Waals surface area contributed by atoms with Crippen LogP contribution >= 0.6 is 0 Å². The van der Waals surface area contributed by atoms with Gasteiger partial charge in [-0.15, -0.1) is 0 Å². The van der Waals surface area contributed by atoms with Gasteiger partial charge in [-0.25, -0.2) is 0 Å². The molecule has 3 unspecified atom stereocenters. The average Bonchev–Trinajstić information content (AvgIpc) is 2.88. The minimum absolute atomic E-state index is 0.374. The Hall–Kier alpha value is -0.0800. The normalized spacial score (nSPS) is 33.8. The molecule has 0 aromatic heterocycles. The van der Waals surface area contributed by atoms with Crippen molar-refractivity contribution in [1.82, 2.24) is 5.32 Å². The molecule has 2 nitrogen and oxygen atoms in total. The third kappa shape index (κ3) is 3.95. The summed E-state index contributed by atoms with van der Waals surface area (Å²) < 4.78 is 5.84. The van der Waals surface area contributed by atoms with Gasteiger partial charge in [-0.3, -0.25) is 0 Å².